The highest BCUT2D eigenvalue weighted by molar-refractivity contribution is 6.21. The van der Waals surface area contributed by atoms with Crippen molar-refractivity contribution >= 4 is 60.9 Å². The predicted octanol–water partition coefficient (Wildman–Crippen LogP) is 15.7. The van der Waals surface area contributed by atoms with Gasteiger partial charge in [-0.1, -0.05) is 135 Å². The molecule has 1 aliphatic rings. The maximum Gasteiger partial charge on any atom is 0.227 e. The Morgan fingerprint density at radius 3 is 1.92 bits per heavy atom. The molecule has 9 aromatic carbocycles. The lowest BCUT2D eigenvalue weighted by molar-refractivity contribution is 0.620. The molecule has 0 atom stereocenters. The molecule has 0 saturated carbocycles. The summed E-state index contributed by atoms with van der Waals surface area (Å²) >= 11 is 0. The van der Waals surface area contributed by atoms with Crippen molar-refractivity contribution in [2.24, 2.45) is 0 Å². The molecule has 4 heteroatoms. The topological polar surface area (TPSA) is 42.4 Å². The monoisotopic (exact) mass is 770 g/mol. The molecule has 0 spiro atoms. The minimum Gasteiger partial charge on any atom is -0.456 e. The van der Waals surface area contributed by atoms with Crippen molar-refractivity contribution in [3.05, 3.63) is 205 Å². The number of oxazole rings is 1. The Morgan fingerprint density at radius 2 is 1.08 bits per heavy atom. The highest BCUT2D eigenvalue weighted by atomic mass is 16.3. The molecule has 0 fully saturated rings. The van der Waals surface area contributed by atoms with E-state index in [-0.39, 0.29) is 5.41 Å². The molecular weight excluding hydrogens is 733 g/mol. The van der Waals surface area contributed by atoms with Crippen LogP contribution in [0.25, 0.3) is 88.6 Å². The van der Waals surface area contributed by atoms with Crippen molar-refractivity contribution in [1.29, 1.82) is 0 Å². The quantitative estimate of drug-likeness (QED) is 0.169. The van der Waals surface area contributed by atoms with E-state index in [1.165, 1.54) is 33.4 Å². The molecule has 11 aromatic rings. The largest absolute Gasteiger partial charge is 0.456 e. The zero-order chi connectivity index (χ0) is 40.0. The van der Waals surface area contributed by atoms with Crippen molar-refractivity contribution in [2.75, 3.05) is 4.90 Å². The average molecular weight is 771 g/mol. The Balaban J connectivity index is 1.06. The molecule has 0 radical (unpaired) electrons. The average Bonchev–Trinajstić information content (AvgIpc) is 3.96. The number of benzene rings is 9. The van der Waals surface area contributed by atoms with Crippen molar-refractivity contribution in [3.8, 4) is 44.8 Å². The van der Waals surface area contributed by atoms with Gasteiger partial charge in [-0.05, 0) is 123 Å². The van der Waals surface area contributed by atoms with Gasteiger partial charge in [-0.15, -0.1) is 0 Å². The number of furan rings is 1. The molecule has 0 N–H and O–H groups in total. The van der Waals surface area contributed by atoms with Crippen LogP contribution in [-0.2, 0) is 5.41 Å². The van der Waals surface area contributed by atoms with Crippen LogP contribution in [0.3, 0.4) is 0 Å². The summed E-state index contributed by atoms with van der Waals surface area (Å²) in [6.07, 6.45) is 0. The zero-order valence-corrected chi connectivity index (χ0v) is 33.2. The van der Waals surface area contributed by atoms with Gasteiger partial charge in [-0.2, -0.15) is 0 Å². The molecule has 12 rings (SSSR count). The second-order valence-corrected chi connectivity index (χ2v) is 16.3. The standard InChI is InChI=1S/C56H38N2O2/c1-56(2)47-20-12-11-19-44(47)45-28-26-42(34-48(45)56)58(40-24-21-36(22-25-40)35-13-5-3-6-14-35)41-27-30-50-46(33-41)54-52(59-50)31-38-17-9-10-18-43(38)53(54)39-23-29-49-51(32-39)60-55(57-49)37-15-7-4-8-16-37/h3-34H,1-2H3. The second-order valence-electron chi connectivity index (χ2n) is 16.3. The summed E-state index contributed by atoms with van der Waals surface area (Å²) in [5.41, 5.74) is 17.1. The summed E-state index contributed by atoms with van der Waals surface area (Å²) in [6.45, 7) is 4.68. The first-order valence-corrected chi connectivity index (χ1v) is 20.5. The van der Waals surface area contributed by atoms with E-state index in [1.54, 1.807) is 0 Å². The molecule has 0 bridgehead atoms. The molecule has 0 amide bonds. The number of fused-ring (bicyclic) bond motifs is 8. The number of hydrogen-bond donors (Lipinski definition) is 0. The minimum absolute atomic E-state index is 0.141. The van der Waals surface area contributed by atoms with Gasteiger partial charge < -0.3 is 13.7 Å². The second kappa shape index (κ2) is 13.2. The van der Waals surface area contributed by atoms with Crippen molar-refractivity contribution in [1.82, 2.24) is 4.98 Å². The lowest BCUT2D eigenvalue weighted by Crippen LogP contribution is -2.16. The van der Waals surface area contributed by atoms with E-state index in [1.807, 2.05) is 30.3 Å². The van der Waals surface area contributed by atoms with Crippen molar-refractivity contribution < 1.29 is 8.83 Å². The van der Waals surface area contributed by atoms with Gasteiger partial charge in [0, 0.05) is 44.4 Å². The number of anilines is 3. The minimum atomic E-state index is -0.141. The molecule has 2 heterocycles. The Bertz CT molecular complexity index is 3450. The highest BCUT2D eigenvalue weighted by Crippen LogP contribution is 2.51. The third kappa shape index (κ3) is 5.34. The molecule has 2 aromatic heterocycles. The summed E-state index contributed by atoms with van der Waals surface area (Å²) in [7, 11) is 0. The van der Waals surface area contributed by atoms with Gasteiger partial charge in [-0.3, -0.25) is 0 Å². The Morgan fingerprint density at radius 1 is 0.433 bits per heavy atom. The van der Waals surface area contributed by atoms with Gasteiger partial charge in [0.1, 0.15) is 16.7 Å². The van der Waals surface area contributed by atoms with Crippen LogP contribution in [0.1, 0.15) is 25.0 Å². The number of nitrogens with zero attached hydrogens (tertiary/aromatic N) is 2. The lowest BCUT2D eigenvalue weighted by atomic mass is 9.82. The summed E-state index contributed by atoms with van der Waals surface area (Å²) in [5, 5.41) is 4.38. The van der Waals surface area contributed by atoms with E-state index >= 15 is 0 Å². The van der Waals surface area contributed by atoms with Crippen LogP contribution in [0.15, 0.2) is 203 Å². The fourth-order valence-corrected chi connectivity index (χ4v) is 9.53. The normalized spacial score (nSPS) is 13.0. The maximum absolute atomic E-state index is 6.75. The van der Waals surface area contributed by atoms with Gasteiger partial charge in [0.25, 0.3) is 0 Å². The third-order valence-electron chi connectivity index (χ3n) is 12.5. The Labute approximate surface area is 347 Å². The van der Waals surface area contributed by atoms with Crippen LogP contribution in [0.2, 0.25) is 0 Å². The van der Waals surface area contributed by atoms with Crippen molar-refractivity contribution in [2.45, 2.75) is 19.3 Å². The van der Waals surface area contributed by atoms with E-state index < -0.39 is 0 Å². The number of hydrogen-bond acceptors (Lipinski definition) is 4. The van der Waals surface area contributed by atoms with Crippen molar-refractivity contribution in [3.63, 3.8) is 0 Å². The van der Waals surface area contributed by atoms with Crippen LogP contribution in [0, 0.1) is 0 Å². The summed E-state index contributed by atoms with van der Waals surface area (Å²) in [6, 6.07) is 69.1. The van der Waals surface area contributed by atoms with Crippen LogP contribution < -0.4 is 4.90 Å². The molecule has 0 unspecified atom stereocenters. The van der Waals surface area contributed by atoms with Gasteiger partial charge in [-0.25, -0.2) is 4.98 Å². The van der Waals surface area contributed by atoms with Gasteiger partial charge in [0.2, 0.25) is 5.89 Å². The number of aromatic nitrogens is 1. The summed E-state index contributed by atoms with van der Waals surface area (Å²) in [5.74, 6) is 0.611. The first kappa shape index (κ1) is 34.4. The SMILES string of the molecule is CC1(C)c2ccccc2-c2ccc(N(c3ccc(-c4ccccc4)cc3)c3ccc4oc5cc6ccccc6c(-c6ccc7nc(-c8ccccc8)oc7c6)c5c4c3)cc21. The molecule has 4 nitrogen and oxygen atoms in total. The van der Waals surface area contributed by atoms with Gasteiger partial charge in [0.05, 0.1) is 0 Å². The first-order chi connectivity index (χ1) is 29.5. The van der Waals surface area contributed by atoms with E-state index in [2.05, 4.69) is 183 Å². The van der Waals surface area contributed by atoms with E-state index in [4.69, 9.17) is 13.8 Å². The van der Waals surface area contributed by atoms with Crippen LogP contribution in [0.4, 0.5) is 17.1 Å². The Hall–Kier alpha value is -7.69. The van der Waals surface area contributed by atoms with E-state index in [0.29, 0.717) is 5.89 Å². The van der Waals surface area contributed by atoms with Crippen LogP contribution >= 0.6 is 0 Å². The van der Waals surface area contributed by atoms with Gasteiger partial charge >= 0.3 is 0 Å². The third-order valence-corrected chi connectivity index (χ3v) is 12.5. The predicted molar refractivity (Wildman–Crippen MR) is 247 cm³/mol. The van der Waals surface area contributed by atoms with Crippen LogP contribution in [-0.4, -0.2) is 4.98 Å². The van der Waals surface area contributed by atoms with E-state index in [0.717, 1.165) is 77.6 Å². The number of rotatable bonds is 6. The molecule has 0 saturated heterocycles. The molecule has 284 valence electrons. The molecule has 60 heavy (non-hydrogen) atoms. The highest BCUT2D eigenvalue weighted by Gasteiger charge is 2.36. The van der Waals surface area contributed by atoms with Crippen LogP contribution in [0.5, 0.6) is 0 Å². The molecule has 0 aliphatic heterocycles. The molecule has 1 aliphatic carbocycles. The zero-order valence-electron chi connectivity index (χ0n) is 33.2. The maximum atomic E-state index is 6.75. The fourth-order valence-electron chi connectivity index (χ4n) is 9.53. The first-order valence-electron chi connectivity index (χ1n) is 20.5. The fraction of sp³-hybridized carbons (Fsp3) is 0.0536. The smallest absolute Gasteiger partial charge is 0.227 e. The molecular formula is C56H38N2O2. The Kier molecular flexibility index (Phi) is 7.54. The van der Waals surface area contributed by atoms with E-state index in [9.17, 15) is 0 Å². The summed E-state index contributed by atoms with van der Waals surface area (Å²) < 4.78 is 13.2. The summed E-state index contributed by atoms with van der Waals surface area (Å²) in [4.78, 5) is 7.23. The van der Waals surface area contributed by atoms with Gasteiger partial charge in [0.15, 0.2) is 5.58 Å². The lowest BCUT2D eigenvalue weighted by Gasteiger charge is -2.28.